The average molecular weight is 536 g/mol. The zero-order valence-electron chi connectivity index (χ0n) is 21.4. The molecule has 200 valence electrons. The summed E-state index contributed by atoms with van der Waals surface area (Å²) in [6.45, 7) is 5.20. The smallest absolute Gasteiger partial charge is 0.322 e. The van der Waals surface area contributed by atoms with Gasteiger partial charge >= 0.3 is 6.03 Å². The Hall–Kier alpha value is -3.63. The highest BCUT2D eigenvalue weighted by molar-refractivity contribution is 7.08. The molecular weight excluding hydrogens is 502 g/mol. The molecular formula is C28H33N5O4S. The number of carbonyl (C=O) groups is 2. The molecule has 1 aromatic carbocycles. The Morgan fingerprint density at radius 3 is 2.63 bits per heavy atom. The second kappa shape index (κ2) is 12.3. The first-order chi connectivity index (χ1) is 18.5. The molecule has 2 aliphatic rings. The Bertz CT molecular complexity index is 1260. The Kier molecular flexibility index (Phi) is 8.40. The molecule has 5 rings (SSSR count). The van der Waals surface area contributed by atoms with E-state index >= 15 is 0 Å². The van der Waals surface area contributed by atoms with Crippen LogP contribution in [0.15, 0.2) is 47.3 Å². The van der Waals surface area contributed by atoms with Gasteiger partial charge in [0.05, 0.1) is 0 Å². The molecule has 2 aliphatic heterocycles. The molecule has 4 heterocycles. The van der Waals surface area contributed by atoms with Crippen molar-refractivity contribution in [2.45, 2.75) is 32.2 Å². The van der Waals surface area contributed by atoms with Crippen LogP contribution in [0, 0.1) is 0 Å². The van der Waals surface area contributed by atoms with Crippen molar-refractivity contribution in [3.8, 4) is 11.5 Å². The van der Waals surface area contributed by atoms with E-state index in [2.05, 4.69) is 15.2 Å². The maximum Gasteiger partial charge on any atom is 0.322 e. The predicted octanol–water partition coefficient (Wildman–Crippen LogP) is 4.44. The fourth-order valence-corrected chi connectivity index (χ4v) is 5.46. The van der Waals surface area contributed by atoms with E-state index < -0.39 is 0 Å². The van der Waals surface area contributed by atoms with Crippen molar-refractivity contribution in [1.82, 2.24) is 14.8 Å². The van der Waals surface area contributed by atoms with Gasteiger partial charge in [-0.25, -0.2) is 4.79 Å². The number of pyridine rings is 1. The number of hydrogen-bond acceptors (Lipinski definition) is 8. The van der Waals surface area contributed by atoms with E-state index in [9.17, 15) is 9.59 Å². The van der Waals surface area contributed by atoms with Crippen molar-refractivity contribution in [2.24, 2.45) is 0 Å². The number of hydrogen-bond donors (Lipinski definition) is 2. The minimum absolute atomic E-state index is 0.0829. The van der Waals surface area contributed by atoms with Crippen molar-refractivity contribution in [2.75, 3.05) is 50.4 Å². The van der Waals surface area contributed by atoms with Crippen LogP contribution in [0.5, 0.6) is 11.5 Å². The number of nitrogen functional groups attached to an aromatic ring is 1. The van der Waals surface area contributed by atoms with Crippen LogP contribution in [0.4, 0.5) is 16.2 Å². The van der Waals surface area contributed by atoms with Crippen LogP contribution in [-0.4, -0.2) is 66.0 Å². The van der Waals surface area contributed by atoms with E-state index in [0.29, 0.717) is 54.9 Å². The van der Waals surface area contributed by atoms with Crippen molar-refractivity contribution in [3.63, 3.8) is 0 Å². The summed E-state index contributed by atoms with van der Waals surface area (Å²) in [5.74, 6) is 1.22. The van der Waals surface area contributed by atoms with Gasteiger partial charge in [0.25, 0.3) is 0 Å². The van der Waals surface area contributed by atoms with E-state index in [1.807, 2.05) is 29.0 Å². The van der Waals surface area contributed by atoms with Crippen molar-refractivity contribution >= 4 is 34.5 Å². The molecule has 38 heavy (non-hydrogen) atoms. The molecule has 1 saturated heterocycles. The van der Waals surface area contributed by atoms with Gasteiger partial charge in [0.15, 0.2) is 17.3 Å². The van der Waals surface area contributed by atoms with Crippen LogP contribution >= 0.6 is 11.3 Å². The molecule has 0 bridgehead atoms. The van der Waals surface area contributed by atoms with E-state index in [1.165, 1.54) is 24.2 Å². The minimum atomic E-state index is -0.198. The van der Waals surface area contributed by atoms with Gasteiger partial charge in [0.2, 0.25) is 0 Å². The highest BCUT2D eigenvalue weighted by Crippen LogP contribution is 2.32. The number of rotatable bonds is 10. The third-order valence-corrected chi connectivity index (χ3v) is 7.60. The molecule has 0 atom stereocenters. The molecule has 0 saturated carbocycles. The zero-order chi connectivity index (χ0) is 26.3. The number of fused-ring (bicyclic) bond motifs is 1. The van der Waals surface area contributed by atoms with Crippen LogP contribution in [0.2, 0.25) is 0 Å². The number of ether oxygens (including phenoxy) is 2. The normalized spacial score (nSPS) is 14.8. The standard InChI is InChI=1S/C28H33N5O4S/c29-23-19-38-18-21(23)14-25(34)24-6-4-20(16-30-24)17-33(11-3-10-32-8-1-2-9-32)28(35)31-22-5-7-26-27(15-22)37-13-12-36-26/h4-7,15-16,18-19H,1-3,8-14,17,29H2,(H,31,35). The monoisotopic (exact) mass is 535 g/mol. The highest BCUT2D eigenvalue weighted by Gasteiger charge is 2.19. The van der Waals surface area contributed by atoms with Crippen LogP contribution in [0.1, 0.15) is 40.9 Å². The number of amides is 2. The Morgan fingerprint density at radius 2 is 1.89 bits per heavy atom. The third kappa shape index (κ3) is 6.62. The SMILES string of the molecule is Nc1cscc1CC(=O)c1ccc(CN(CCCN2CCCC2)C(=O)Nc2ccc3c(c2)OCCO3)cn1. The summed E-state index contributed by atoms with van der Waals surface area (Å²) in [6, 6.07) is 8.80. The van der Waals surface area contributed by atoms with Gasteiger partial charge in [-0.1, -0.05) is 6.07 Å². The summed E-state index contributed by atoms with van der Waals surface area (Å²) in [6.07, 6.45) is 5.26. The fraction of sp³-hybridized carbons (Fsp3) is 0.393. The third-order valence-electron chi connectivity index (χ3n) is 6.79. The first kappa shape index (κ1) is 26.0. The Balaban J connectivity index is 1.24. The van der Waals surface area contributed by atoms with Gasteiger partial charge in [-0.05, 0) is 73.6 Å². The summed E-state index contributed by atoms with van der Waals surface area (Å²) in [7, 11) is 0. The number of nitrogens with zero attached hydrogens (tertiary/aromatic N) is 3. The molecule has 0 spiro atoms. The molecule has 0 radical (unpaired) electrons. The summed E-state index contributed by atoms with van der Waals surface area (Å²) >= 11 is 1.48. The van der Waals surface area contributed by atoms with E-state index in [4.69, 9.17) is 15.2 Å². The van der Waals surface area contributed by atoms with Gasteiger partial charge in [-0.2, -0.15) is 0 Å². The number of carbonyl (C=O) groups excluding carboxylic acids is 2. The van der Waals surface area contributed by atoms with Gasteiger partial charge in [-0.15, -0.1) is 11.3 Å². The summed E-state index contributed by atoms with van der Waals surface area (Å²) < 4.78 is 11.2. The molecule has 3 aromatic rings. The molecule has 0 aliphatic carbocycles. The Labute approximate surface area is 226 Å². The summed E-state index contributed by atoms with van der Waals surface area (Å²) in [5, 5.41) is 6.72. The van der Waals surface area contributed by atoms with E-state index in [1.54, 1.807) is 23.2 Å². The van der Waals surface area contributed by atoms with Crippen LogP contribution in [0.3, 0.4) is 0 Å². The molecule has 0 unspecified atom stereocenters. The number of likely N-dealkylation sites (tertiary alicyclic amines) is 1. The number of Topliss-reactive ketones (excluding diaryl/α,β-unsaturated/α-hetero) is 1. The lowest BCUT2D eigenvalue weighted by molar-refractivity contribution is 0.0988. The lowest BCUT2D eigenvalue weighted by atomic mass is 10.1. The maximum atomic E-state index is 13.3. The molecule has 9 nitrogen and oxygen atoms in total. The Morgan fingerprint density at radius 1 is 1.08 bits per heavy atom. The number of thiophene rings is 1. The number of anilines is 2. The minimum Gasteiger partial charge on any atom is -0.486 e. The number of nitrogens with one attached hydrogen (secondary N) is 1. The second-order valence-corrected chi connectivity index (χ2v) is 10.4. The average Bonchev–Trinajstić information content (AvgIpc) is 3.60. The lowest BCUT2D eigenvalue weighted by Gasteiger charge is -2.25. The largest absolute Gasteiger partial charge is 0.486 e. The van der Waals surface area contributed by atoms with Gasteiger partial charge in [0, 0.05) is 48.5 Å². The number of ketones is 1. The fourth-order valence-electron chi connectivity index (χ4n) is 4.71. The summed E-state index contributed by atoms with van der Waals surface area (Å²) in [4.78, 5) is 34.6. The number of benzene rings is 1. The van der Waals surface area contributed by atoms with Gasteiger partial charge in [-0.3, -0.25) is 9.78 Å². The molecule has 3 N–H and O–H groups in total. The van der Waals surface area contributed by atoms with Crippen LogP contribution < -0.4 is 20.5 Å². The van der Waals surface area contributed by atoms with Crippen LogP contribution in [-0.2, 0) is 13.0 Å². The summed E-state index contributed by atoms with van der Waals surface area (Å²) in [5.41, 5.74) is 9.27. The van der Waals surface area contributed by atoms with Crippen molar-refractivity contribution < 1.29 is 19.1 Å². The van der Waals surface area contributed by atoms with Crippen molar-refractivity contribution in [1.29, 1.82) is 0 Å². The topological polar surface area (TPSA) is 110 Å². The molecule has 2 aromatic heterocycles. The number of urea groups is 1. The first-order valence-electron chi connectivity index (χ1n) is 13.0. The number of aromatic nitrogens is 1. The van der Waals surface area contributed by atoms with E-state index in [-0.39, 0.29) is 18.2 Å². The molecule has 1 fully saturated rings. The highest BCUT2D eigenvalue weighted by atomic mass is 32.1. The molecule has 10 heteroatoms. The zero-order valence-corrected chi connectivity index (χ0v) is 22.2. The van der Waals surface area contributed by atoms with Crippen LogP contribution in [0.25, 0.3) is 0 Å². The number of nitrogens with two attached hydrogens (primary N) is 1. The second-order valence-electron chi connectivity index (χ2n) is 9.62. The predicted molar refractivity (Wildman–Crippen MR) is 148 cm³/mol. The van der Waals surface area contributed by atoms with E-state index in [0.717, 1.165) is 37.2 Å². The van der Waals surface area contributed by atoms with Gasteiger partial charge < -0.3 is 30.3 Å². The van der Waals surface area contributed by atoms with Gasteiger partial charge in [0.1, 0.15) is 18.9 Å². The van der Waals surface area contributed by atoms with Crippen molar-refractivity contribution in [3.05, 3.63) is 64.1 Å². The first-order valence-corrected chi connectivity index (χ1v) is 14.0. The quantitative estimate of drug-likeness (QED) is 0.369. The lowest BCUT2D eigenvalue weighted by Crippen LogP contribution is -2.36. The molecule has 2 amide bonds. The maximum absolute atomic E-state index is 13.3.